The van der Waals surface area contributed by atoms with Gasteiger partial charge in [0, 0.05) is 11.8 Å². The molecule has 2 N–H and O–H groups in total. The Kier molecular flexibility index (Phi) is 6.89. The van der Waals surface area contributed by atoms with Gasteiger partial charge < -0.3 is 10.1 Å². The van der Waals surface area contributed by atoms with E-state index in [9.17, 15) is 17.6 Å². The van der Waals surface area contributed by atoms with Crippen molar-refractivity contribution < 1.29 is 22.3 Å². The highest BCUT2D eigenvalue weighted by molar-refractivity contribution is 7.92. The van der Waals surface area contributed by atoms with Crippen molar-refractivity contribution in [2.24, 2.45) is 0 Å². The van der Waals surface area contributed by atoms with Crippen molar-refractivity contribution in [1.29, 1.82) is 0 Å². The van der Waals surface area contributed by atoms with Gasteiger partial charge in [-0.05, 0) is 41.7 Å². The van der Waals surface area contributed by atoms with Crippen LogP contribution >= 0.6 is 0 Å². The fourth-order valence-electron chi connectivity index (χ4n) is 2.76. The van der Waals surface area contributed by atoms with Crippen LogP contribution in [0.5, 0.6) is 5.75 Å². The zero-order valence-electron chi connectivity index (χ0n) is 17.2. The molecule has 1 atom stereocenters. The van der Waals surface area contributed by atoms with Crippen LogP contribution in [0.25, 0.3) is 0 Å². The third kappa shape index (κ3) is 7.05. The summed E-state index contributed by atoms with van der Waals surface area (Å²) in [6.07, 6.45) is 1.08. The second kappa shape index (κ2) is 8.82. The third-order valence-electron chi connectivity index (χ3n) is 4.21. The van der Waals surface area contributed by atoms with Crippen LogP contribution in [-0.4, -0.2) is 27.2 Å². The number of hydrogen-bond acceptors (Lipinski definition) is 4. The molecule has 0 saturated carbocycles. The van der Waals surface area contributed by atoms with Crippen LogP contribution in [-0.2, 0) is 20.2 Å². The molecule has 2 rings (SSSR count). The molecule has 158 valence electrons. The predicted octanol–water partition coefficient (Wildman–Crippen LogP) is 3.75. The first-order chi connectivity index (χ1) is 13.3. The molecule has 1 amide bonds. The van der Waals surface area contributed by atoms with Gasteiger partial charge in [0.1, 0.15) is 11.6 Å². The molecule has 0 bridgehead atoms. The summed E-state index contributed by atoms with van der Waals surface area (Å²) in [6, 6.07) is 11.0. The summed E-state index contributed by atoms with van der Waals surface area (Å²) in [5.74, 6) is -0.433. The van der Waals surface area contributed by atoms with Crippen LogP contribution in [0.1, 0.15) is 44.9 Å². The first-order valence-corrected chi connectivity index (χ1v) is 11.0. The van der Waals surface area contributed by atoms with Gasteiger partial charge >= 0.3 is 0 Å². The Hall–Kier alpha value is -2.61. The molecule has 2 aromatic rings. The Labute approximate surface area is 171 Å². The highest BCUT2D eigenvalue weighted by Gasteiger charge is 2.19. The van der Waals surface area contributed by atoms with Gasteiger partial charge in [-0.3, -0.25) is 9.52 Å². The molecule has 0 heterocycles. The minimum absolute atomic E-state index is 0.244. The number of benzene rings is 2. The maximum absolute atomic E-state index is 14.2. The molecule has 0 saturated heterocycles. The summed E-state index contributed by atoms with van der Waals surface area (Å²) >= 11 is 0. The van der Waals surface area contributed by atoms with Crippen LogP contribution in [0, 0.1) is 5.82 Å². The van der Waals surface area contributed by atoms with Crippen molar-refractivity contribution in [2.75, 3.05) is 17.6 Å². The lowest BCUT2D eigenvalue weighted by Crippen LogP contribution is -2.31. The van der Waals surface area contributed by atoms with Gasteiger partial charge in [-0.2, -0.15) is 0 Å². The van der Waals surface area contributed by atoms with Crippen LogP contribution in [0.15, 0.2) is 42.5 Å². The molecule has 1 unspecified atom stereocenters. The largest absolute Gasteiger partial charge is 0.484 e. The van der Waals surface area contributed by atoms with E-state index in [2.05, 4.69) is 10.0 Å². The van der Waals surface area contributed by atoms with Crippen LogP contribution in [0.3, 0.4) is 0 Å². The maximum Gasteiger partial charge on any atom is 0.258 e. The van der Waals surface area contributed by atoms with E-state index in [4.69, 9.17) is 4.74 Å². The zero-order chi connectivity index (χ0) is 21.8. The van der Waals surface area contributed by atoms with Gasteiger partial charge in [0.15, 0.2) is 6.61 Å². The highest BCUT2D eigenvalue weighted by atomic mass is 32.2. The second-order valence-corrected chi connectivity index (χ2v) is 9.71. The number of nitrogens with one attached hydrogen (secondary N) is 2. The molecule has 0 spiro atoms. The molecule has 0 radical (unpaired) electrons. The lowest BCUT2D eigenvalue weighted by molar-refractivity contribution is -0.123. The number of halogens is 1. The quantitative estimate of drug-likeness (QED) is 0.712. The summed E-state index contributed by atoms with van der Waals surface area (Å²) in [5.41, 5.74) is 1.51. The van der Waals surface area contributed by atoms with E-state index in [1.807, 2.05) is 20.8 Å². The van der Waals surface area contributed by atoms with Crippen molar-refractivity contribution >= 4 is 21.6 Å². The van der Waals surface area contributed by atoms with E-state index < -0.39 is 10.0 Å². The molecule has 0 aromatic heterocycles. The Morgan fingerprint density at radius 1 is 1.14 bits per heavy atom. The molecule has 6 nitrogen and oxygen atoms in total. The molecule has 29 heavy (non-hydrogen) atoms. The average molecular weight is 423 g/mol. The molecule has 0 fully saturated rings. The molecular weight excluding hydrogens is 395 g/mol. The third-order valence-corrected chi connectivity index (χ3v) is 4.82. The number of anilines is 1. The molecule has 0 aliphatic carbocycles. The smallest absolute Gasteiger partial charge is 0.258 e. The Balaban J connectivity index is 1.91. The summed E-state index contributed by atoms with van der Waals surface area (Å²) in [7, 11) is -3.34. The number of carbonyl (C=O) groups excluding carboxylic acids is 1. The van der Waals surface area contributed by atoms with Crippen molar-refractivity contribution in [2.45, 2.75) is 39.2 Å². The van der Waals surface area contributed by atoms with E-state index in [1.165, 1.54) is 6.07 Å². The Morgan fingerprint density at radius 2 is 1.76 bits per heavy atom. The van der Waals surface area contributed by atoms with Gasteiger partial charge in [0.2, 0.25) is 10.0 Å². The van der Waals surface area contributed by atoms with Gasteiger partial charge in [-0.1, -0.05) is 39.0 Å². The van der Waals surface area contributed by atoms with Crippen LogP contribution < -0.4 is 14.8 Å². The molecule has 8 heteroatoms. The van der Waals surface area contributed by atoms with Gasteiger partial charge in [-0.15, -0.1) is 0 Å². The second-order valence-electron chi connectivity index (χ2n) is 7.97. The monoisotopic (exact) mass is 422 g/mol. The van der Waals surface area contributed by atoms with Crippen molar-refractivity contribution in [1.82, 2.24) is 5.32 Å². The number of rotatable bonds is 7. The van der Waals surface area contributed by atoms with E-state index >= 15 is 0 Å². The van der Waals surface area contributed by atoms with Crippen LogP contribution in [0.2, 0.25) is 0 Å². The van der Waals surface area contributed by atoms with E-state index in [0.717, 1.165) is 11.8 Å². The normalized spacial score (nSPS) is 12.9. The summed E-state index contributed by atoms with van der Waals surface area (Å²) in [4.78, 5) is 12.1. The van der Waals surface area contributed by atoms with E-state index in [-0.39, 0.29) is 35.5 Å². The van der Waals surface area contributed by atoms with Crippen LogP contribution in [0.4, 0.5) is 10.1 Å². The molecular formula is C21H27FN2O4S. The number of hydrogen-bond donors (Lipinski definition) is 2. The first kappa shape index (κ1) is 22.7. The minimum Gasteiger partial charge on any atom is -0.484 e. The van der Waals surface area contributed by atoms with E-state index in [1.54, 1.807) is 43.3 Å². The fourth-order valence-corrected chi connectivity index (χ4v) is 3.33. The van der Waals surface area contributed by atoms with Crippen molar-refractivity contribution in [3.05, 3.63) is 59.4 Å². The number of ether oxygens (including phenoxy) is 1. The summed E-state index contributed by atoms with van der Waals surface area (Å²) in [6.45, 7) is 7.32. The minimum atomic E-state index is -3.34. The van der Waals surface area contributed by atoms with Crippen molar-refractivity contribution in [3.63, 3.8) is 0 Å². The maximum atomic E-state index is 14.2. The van der Waals surface area contributed by atoms with Gasteiger partial charge in [0.25, 0.3) is 5.91 Å². The molecule has 2 aromatic carbocycles. The lowest BCUT2D eigenvalue weighted by atomic mass is 9.87. The standard InChI is InChI=1S/C21H27FN2O4S/c1-14(15-6-8-16(9-7-15)24-29(5,26)27)23-20(25)13-28-17-10-11-18(19(22)12-17)21(2,3)4/h6-12,14,24H,13H2,1-5H3,(H,23,25). The topological polar surface area (TPSA) is 84.5 Å². The zero-order valence-corrected chi connectivity index (χ0v) is 18.1. The van der Waals surface area contributed by atoms with Crippen molar-refractivity contribution in [3.8, 4) is 5.75 Å². The molecule has 0 aliphatic rings. The lowest BCUT2D eigenvalue weighted by Gasteiger charge is -2.20. The molecule has 0 aliphatic heterocycles. The highest BCUT2D eigenvalue weighted by Crippen LogP contribution is 2.27. The summed E-state index contributed by atoms with van der Waals surface area (Å²) in [5, 5.41) is 2.79. The predicted molar refractivity (Wildman–Crippen MR) is 112 cm³/mol. The van der Waals surface area contributed by atoms with Gasteiger partial charge in [-0.25, -0.2) is 12.8 Å². The Morgan fingerprint density at radius 3 is 2.28 bits per heavy atom. The van der Waals surface area contributed by atoms with E-state index in [0.29, 0.717) is 11.3 Å². The van der Waals surface area contributed by atoms with Gasteiger partial charge in [0.05, 0.1) is 12.3 Å². The Bertz CT molecular complexity index is 967. The number of amides is 1. The summed E-state index contributed by atoms with van der Waals surface area (Å²) < 4.78 is 44.5. The number of carbonyl (C=O) groups is 1. The average Bonchev–Trinajstić information content (AvgIpc) is 2.58. The first-order valence-electron chi connectivity index (χ1n) is 9.15. The SMILES string of the molecule is CC(NC(=O)COc1ccc(C(C)(C)C)c(F)c1)c1ccc(NS(C)(=O)=O)cc1. The number of sulfonamides is 1. The fraction of sp³-hybridized carbons (Fsp3) is 0.381.